The maximum absolute atomic E-state index is 12.9. The van der Waals surface area contributed by atoms with E-state index in [1.807, 2.05) is 0 Å². The number of alkyl halides is 2. The molecular formula is C9H6F2O2. The maximum atomic E-state index is 12.9. The third-order valence-corrected chi connectivity index (χ3v) is 2.15. The molecule has 0 saturated carbocycles. The number of rotatable bonds is 0. The topological polar surface area (TPSA) is 37.3 Å². The molecule has 0 radical (unpaired) electrons. The first-order valence-corrected chi connectivity index (χ1v) is 3.74. The molecule has 2 nitrogen and oxygen atoms in total. The van der Waals surface area contributed by atoms with Crippen LogP contribution in [0.5, 0.6) is 0 Å². The number of aliphatic hydroxyl groups excluding tert-OH is 1. The summed E-state index contributed by atoms with van der Waals surface area (Å²) in [5.74, 6) is -4.96. The summed E-state index contributed by atoms with van der Waals surface area (Å²) in [6, 6.07) is 5.63. The molecule has 1 unspecified atom stereocenters. The molecule has 0 saturated heterocycles. The number of aliphatic hydroxyl groups is 1. The van der Waals surface area contributed by atoms with Gasteiger partial charge in [0.1, 0.15) is 0 Å². The Morgan fingerprint density at radius 2 is 1.92 bits per heavy atom. The molecule has 13 heavy (non-hydrogen) atoms. The fourth-order valence-electron chi connectivity index (χ4n) is 1.44. The lowest BCUT2D eigenvalue weighted by molar-refractivity contribution is -0.0707. The van der Waals surface area contributed by atoms with Crippen LogP contribution in [-0.4, -0.2) is 16.8 Å². The van der Waals surface area contributed by atoms with E-state index < -0.39 is 17.8 Å². The number of Topliss-reactive ketones (excluding diaryl/α,β-unsaturated/α-hetero) is 1. The second kappa shape index (κ2) is 2.35. The van der Waals surface area contributed by atoms with Crippen molar-refractivity contribution in [3.8, 4) is 0 Å². The number of ketones is 1. The summed E-state index contributed by atoms with van der Waals surface area (Å²) in [6.45, 7) is 0. The van der Waals surface area contributed by atoms with Gasteiger partial charge in [-0.25, -0.2) is 0 Å². The highest BCUT2D eigenvalue weighted by Gasteiger charge is 2.54. The molecular weight excluding hydrogens is 178 g/mol. The second-order valence-electron chi connectivity index (χ2n) is 2.94. The number of carbonyl (C=O) groups excluding carboxylic acids is 1. The van der Waals surface area contributed by atoms with Gasteiger partial charge in [0.25, 0.3) is 0 Å². The van der Waals surface area contributed by atoms with Crippen LogP contribution in [0.4, 0.5) is 8.78 Å². The lowest BCUT2D eigenvalue weighted by Crippen LogP contribution is -2.28. The van der Waals surface area contributed by atoms with Crippen LogP contribution in [0.2, 0.25) is 0 Å². The van der Waals surface area contributed by atoms with Gasteiger partial charge < -0.3 is 5.11 Å². The lowest BCUT2D eigenvalue weighted by atomic mass is 10.1. The third kappa shape index (κ3) is 0.920. The molecule has 1 aliphatic carbocycles. The van der Waals surface area contributed by atoms with Gasteiger partial charge in [0.2, 0.25) is 5.78 Å². The van der Waals surface area contributed by atoms with Gasteiger partial charge in [0.15, 0.2) is 6.10 Å². The van der Waals surface area contributed by atoms with E-state index >= 15 is 0 Å². The van der Waals surface area contributed by atoms with Gasteiger partial charge in [-0.15, -0.1) is 0 Å². The zero-order valence-electron chi connectivity index (χ0n) is 6.50. The van der Waals surface area contributed by atoms with Crippen molar-refractivity contribution in [1.82, 2.24) is 0 Å². The van der Waals surface area contributed by atoms with Crippen molar-refractivity contribution < 1.29 is 18.7 Å². The monoisotopic (exact) mass is 184 g/mol. The van der Waals surface area contributed by atoms with Crippen LogP contribution in [0.25, 0.3) is 0 Å². The van der Waals surface area contributed by atoms with Crippen molar-refractivity contribution in [2.75, 3.05) is 0 Å². The van der Waals surface area contributed by atoms with E-state index in [1.165, 1.54) is 24.3 Å². The van der Waals surface area contributed by atoms with Gasteiger partial charge in [-0.1, -0.05) is 24.3 Å². The van der Waals surface area contributed by atoms with Crippen molar-refractivity contribution in [2.24, 2.45) is 0 Å². The van der Waals surface area contributed by atoms with Gasteiger partial charge in [-0.3, -0.25) is 4.79 Å². The third-order valence-electron chi connectivity index (χ3n) is 2.15. The fourth-order valence-corrected chi connectivity index (χ4v) is 1.44. The van der Waals surface area contributed by atoms with E-state index in [1.54, 1.807) is 0 Å². The Labute approximate surface area is 72.8 Å². The van der Waals surface area contributed by atoms with E-state index in [4.69, 9.17) is 5.11 Å². The highest BCUT2D eigenvalue weighted by Crippen LogP contribution is 2.42. The van der Waals surface area contributed by atoms with Crippen LogP contribution in [0.3, 0.4) is 0 Å². The van der Waals surface area contributed by atoms with Crippen LogP contribution in [0.1, 0.15) is 22.0 Å². The van der Waals surface area contributed by atoms with Crippen LogP contribution in [0, 0.1) is 0 Å². The molecule has 0 bridgehead atoms. The van der Waals surface area contributed by atoms with Crippen LogP contribution in [-0.2, 0) is 0 Å². The molecule has 1 atom stereocenters. The van der Waals surface area contributed by atoms with Crippen LogP contribution in [0.15, 0.2) is 24.3 Å². The van der Waals surface area contributed by atoms with E-state index in [2.05, 4.69) is 0 Å². The summed E-state index contributed by atoms with van der Waals surface area (Å²) < 4.78 is 25.8. The molecule has 68 valence electrons. The summed E-state index contributed by atoms with van der Waals surface area (Å²) in [4.78, 5) is 11.0. The summed E-state index contributed by atoms with van der Waals surface area (Å²) in [5, 5.41) is 9.11. The number of benzene rings is 1. The van der Waals surface area contributed by atoms with E-state index in [0.717, 1.165) is 0 Å². The summed E-state index contributed by atoms with van der Waals surface area (Å²) in [6.07, 6.45) is -1.99. The number of hydrogen-bond donors (Lipinski definition) is 1. The van der Waals surface area contributed by atoms with Crippen molar-refractivity contribution in [3.63, 3.8) is 0 Å². The van der Waals surface area contributed by atoms with Gasteiger partial charge in [0, 0.05) is 5.56 Å². The molecule has 0 heterocycles. The first-order valence-electron chi connectivity index (χ1n) is 3.74. The first-order chi connectivity index (χ1) is 6.05. The quantitative estimate of drug-likeness (QED) is 0.664. The Kier molecular flexibility index (Phi) is 1.51. The largest absolute Gasteiger partial charge is 0.382 e. The Hall–Kier alpha value is -1.29. The SMILES string of the molecule is O=C1c2ccccc2C(O)C1(F)F. The first kappa shape index (κ1) is 8.31. The Morgan fingerprint density at radius 1 is 1.31 bits per heavy atom. The van der Waals surface area contributed by atoms with Crippen LogP contribution < -0.4 is 0 Å². The van der Waals surface area contributed by atoms with Crippen molar-refractivity contribution in [2.45, 2.75) is 12.0 Å². The molecule has 1 N–H and O–H groups in total. The predicted molar refractivity (Wildman–Crippen MR) is 40.7 cm³/mol. The number of carbonyl (C=O) groups is 1. The number of hydrogen-bond acceptors (Lipinski definition) is 2. The number of fused-ring (bicyclic) bond motifs is 1. The second-order valence-corrected chi connectivity index (χ2v) is 2.94. The molecule has 0 spiro atoms. The summed E-state index contributed by atoms with van der Waals surface area (Å²) in [7, 11) is 0. The van der Waals surface area contributed by atoms with E-state index in [-0.39, 0.29) is 11.1 Å². The highest BCUT2D eigenvalue weighted by atomic mass is 19.3. The fraction of sp³-hybridized carbons (Fsp3) is 0.222. The smallest absolute Gasteiger partial charge is 0.339 e. The van der Waals surface area contributed by atoms with Crippen molar-refractivity contribution in [3.05, 3.63) is 35.4 Å². The maximum Gasteiger partial charge on any atom is 0.339 e. The van der Waals surface area contributed by atoms with E-state index in [0.29, 0.717) is 0 Å². The average molecular weight is 184 g/mol. The Morgan fingerprint density at radius 3 is 2.54 bits per heavy atom. The van der Waals surface area contributed by atoms with Gasteiger partial charge in [0.05, 0.1) is 0 Å². The van der Waals surface area contributed by atoms with E-state index in [9.17, 15) is 13.6 Å². The molecule has 1 aliphatic rings. The normalized spacial score (nSPS) is 24.5. The molecule has 2 rings (SSSR count). The van der Waals surface area contributed by atoms with Gasteiger partial charge in [-0.05, 0) is 5.56 Å². The molecule has 1 aromatic rings. The molecule has 0 fully saturated rings. The summed E-state index contributed by atoms with van der Waals surface area (Å²) in [5.41, 5.74) is -0.0718. The van der Waals surface area contributed by atoms with Gasteiger partial charge in [-0.2, -0.15) is 8.78 Å². The van der Waals surface area contributed by atoms with Gasteiger partial charge >= 0.3 is 5.92 Å². The minimum atomic E-state index is -3.66. The molecule has 0 amide bonds. The van der Waals surface area contributed by atoms with Crippen LogP contribution >= 0.6 is 0 Å². The van der Waals surface area contributed by atoms with Crippen molar-refractivity contribution in [1.29, 1.82) is 0 Å². The van der Waals surface area contributed by atoms with Crippen molar-refractivity contribution >= 4 is 5.78 Å². The molecule has 0 aliphatic heterocycles. The standard InChI is InChI=1S/C9H6F2O2/c10-9(11)7(12)5-3-1-2-4-6(5)8(9)13/h1-4,7,12H. The number of halogens is 2. The molecule has 4 heteroatoms. The predicted octanol–water partition coefficient (Wildman–Crippen LogP) is 1.55. The minimum Gasteiger partial charge on any atom is -0.382 e. The zero-order valence-corrected chi connectivity index (χ0v) is 6.50. The zero-order chi connectivity index (χ0) is 9.64. The molecule has 1 aromatic carbocycles. The lowest BCUT2D eigenvalue weighted by Gasteiger charge is -2.11. The average Bonchev–Trinajstić information content (AvgIpc) is 2.30. The summed E-state index contributed by atoms with van der Waals surface area (Å²) >= 11 is 0. The molecule has 0 aromatic heterocycles. The Bertz CT molecular complexity index is 374. The highest BCUT2D eigenvalue weighted by molar-refractivity contribution is 6.06. The Balaban J connectivity index is 2.64. The minimum absolute atomic E-state index is 0.0116.